The third-order valence-corrected chi connectivity index (χ3v) is 13.9. The van der Waals surface area contributed by atoms with E-state index >= 15 is 0 Å². The molecule has 0 rings (SSSR count). The summed E-state index contributed by atoms with van der Waals surface area (Å²) in [7, 11) is 1.26. The van der Waals surface area contributed by atoms with E-state index < -0.39 is 20.0 Å². The molecule has 9 heteroatoms. The minimum atomic E-state index is -4.58. The Hall–Kier alpha value is -1.80. The second-order valence-corrected chi connectivity index (χ2v) is 22.4. The highest BCUT2D eigenvalue weighted by Gasteiger charge is 2.23. The van der Waals surface area contributed by atoms with Gasteiger partial charge in [-0.15, -0.1) is 0 Å². The van der Waals surface area contributed by atoms with Gasteiger partial charge in [-0.25, -0.2) is 0 Å². The first kappa shape index (κ1) is 67.2. The SMILES string of the molecule is CC/C=C\C/C=C\C/C=C\C/C=C\CCCCCCCCCCCCCCCCCCCCCCCCCCCCC(=O)NC(COP(=O)([O-])OCC[N+](C)(C)C)C(O)/C=C/CCCCCCCC. The van der Waals surface area contributed by atoms with Gasteiger partial charge in [0.25, 0.3) is 7.82 Å². The fourth-order valence-electron chi connectivity index (χ4n) is 8.44. The number of hydrogen-bond acceptors (Lipinski definition) is 6. The third kappa shape index (κ3) is 53.8. The predicted octanol–water partition coefficient (Wildman–Crippen LogP) is 17.1. The number of aliphatic hydroxyl groups is 1. The van der Waals surface area contributed by atoms with Crippen LogP contribution in [-0.2, 0) is 18.4 Å². The van der Waals surface area contributed by atoms with Gasteiger partial charge >= 0.3 is 0 Å². The van der Waals surface area contributed by atoms with Gasteiger partial charge in [-0.1, -0.05) is 261 Å². The van der Waals surface area contributed by atoms with E-state index in [0.717, 1.165) is 64.2 Å². The standard InChI is InChI=1S/C60H113N2O6P/c1-6-8-10-12-14-16-17-18-19-20-21-22-23-24-25-26-27-28-29-30-31-32-33-34-35-36-37-38-39-40-41-42-43-44-45-46-48-50-52-54-60(64)61-58(57-68-69(65,66)67-56-55-62(3,4)5)59(63)53-51-49-47-15-13-11-9-7-2/h8,10,14,16,18-19,21-22,51,53,58-59,63H,6-7,9,11-13,15,17,20,23-50,52,54-57H2,1-5H3,(H-,61,64,65,66)/b10-8-,16-14-,19-18-,22-21-,53-51+. The van der Waals surface area contributed by atoms with Gasteiger partial charge in [-0.2, -0.15) is 0 Å². The Bertz CT molecular complexity index is 1310. The predicted molar refractivity (Wildman–Crippen MR) is 297 cm³/mol. The van der Waals surface area contributed by atoms with E-state index in [1.165, 1.54) is 180 Å². The van der Waals surface area contributed by atoms with Crippen molar-refractivity contribution in [3.8, 4) is 0 Å². The summed E-state index contributed by atoms with van der Waals surface area (Å²) in [6, 6.07) is -0.882. The number of phosphoric ester groups is 1. The number of unbranched alkanes of at least 4 members (excludes halogenated alkanes) is 32. The highest BCUT2D eigenvalue weighted by atomic mass is 31.2. The molecule has 3 unspecified atom stereocenters. The number of hydrogen-bond donors (Lipinski definition) is 2. The fraction of sp³-hybridized carbons (Fsp3) is 0.817. The van der Waals surface area contributed by atoms with Gasteiger partial charge in [0.1, 0.15) is 13.2 Å². The number of rotatable bonds is 53. The van der Waals surface area contributed by atoms with Crippen molar-refractivity contribution in [3.05, 3.63) is 60.8 Å². The van der Waals surface area contributed by atoms with Gasteiger partial charge in [0, 0.05) is 6.42 Å². The first-order chi connectivity index (χ1) is 33.5. The lowest BCUT2D eigenvalue weighted by Crippen LogP contribution is -2.45. The van der Waals surface area contributed by atoms with E-state index in [-0.39, 0.29) is 19.1 Å². The van der Waals surface area contributed by atoms with E-state index in [1.54, 1.807) is 6.08 Å². The highest BCUT2D eigenvalue weighted by molar-refractivity contribution is 7.45. The van der Waals surface area contributed by atoms with Gasteiger partial charge in [-0.3, -0.25) is 9.36 Å². The molecular formula is C60H113N2O6P. The molecule has 0 aliphatic heterocycles. The zero-order valence-corrected chi connectivity index (χ0v) is 46.9. The Morgan fingerprint density at radius 1 is 0.522 bits per heavy atom. The first-order valence-corrected chi connectivity index (χ1v) is 30.6. The second-order valence-electron chi connectivity index (χ2n) is 21.0. The Kier molecular flexibility index (Phi) is 49.8. The van der Waals surface area contributed by atoms with Crippen LogP contribution in [0, 0.1) is 0 Å². The van der Waals surface area contributed by atoms with Crippen LogP contribution in [0.15, 0.2) is 60.8 Å². The van der Waals surface area contributed by atoms with Gasteiger partial charge in [0.2, 0.25) is 5.91 Å². The van der Waals surface area contributed by atoms with E-state index in [4.69, 9.17) is 9.05 Å². The molecule has 69 heavy (non-hydrogen) atoms. The normalized spacial score (nSPS) is 14.4. The topological polar surface area (TPSA) is 108 Å². The smallest absolute Gasteiger partial charge is 0.268 e. The van der Waals surface area contributed by atoms with Crippen molar-refractivity contribution < 1.29 is 32.9 Å². The van der Waals surface area contributed by atoms with E-state index in [9.17, 15) is 19.4 Å². The maximum atomic E-state index is 12.9. The largest absolute Gasteiger partial charge is 0.756 e. The van der Waals surface area contributed by atoms with E-state index in [0.29, 0.717) is 17.4 Å². The molecule has 0 radical (unpaired) electrons. The molecule has 0 aromatic heterocycles. The molecule has 0 aromatic carbocycles. The third-order valence-electron chi connectivity index (χ3n) is 13.0. The zero-order valence-electron chi connectivity index (χ0n) is 46.0. The molecule has 3 atom stereocenters. The average molecular weight is 990 g/mol. The second kappa shape index (κ2) is 51.1. The van der Waals surface area contributed by atoms with E-state index in [2.05, 4.69) is 67.8 Å². The van der Waals surface area contributed by atoms with Crippen LogP contribution in [0.1, 0.15) is 264 Å². The van der Waals surface area contributed by atoms with E-state index in [1.807, 2.05) is 27.2 Å². The molecule has 8 nitrogen and oxygen atoms in total. The van der Waals surface area contributed by atoms with Crippen molar-refractivity contribution in [1.29, 1.82) is 0 Å². The lowest BCUT2D eigenvalue weighted by Gasteiger charge is -2.29. The molecule has 0 bridgehead atoms. The molecule has 0 aliphatic carbocycles. The molecule has 404 valence electrons. The molecule has 0 heterocycles. The molecule has 2 N–H and O–H groups in total. The zero-order chi connectivity index (χ0) is 50.6. The minimum Gasteiger partial charge on any atom is -0.756 e. The van der Waals surface area contributed by atoms with Crippen molar-refractivity contribution in [2.45, 2.75) is 276 Å². The summed E-state index contributed by atoms with van der Waals surface area (Å²) in [4.78, 5) is 25.3. The number of aliphatic hydroxyl groups excluding tert-OH is 1. The fourth-order valence-corrected chi connectivity index (χ4v) is 9.16. The van der Waals surface area contributed by atoms with Crippen molar-refractivity contribution in [2.75, 3.05) is 40.9 Å². The Balaban J connectivity index is 3.77. The number of nitrogens with one attached hydrogen (secondary N) is 1. The summed E-state index contributed by atoms with van der Waals surface area (Å²) in [5, 5.41) is 13.7. The van der Waals surface area contributed by atoms with Gasteiger partial charge in [0.05, 0.1) is 39.9 Å². The number of likely N-dealkylation sites (N-methyl/N-ethyl adjacent to an activating group) is 1. The number of carbonyl (C=O) groups is 1. The molecule has 0 fully saturated rings. The van der Waals surface area contributed by atoms with Gasteiger partial charge < -0.3 is 28.8 Å². The number of carbonyl (C=O) groups excluding carboxylic acids is 1. The summed E-state index contributed by atoms with van der Waals surface area (Å²) < 4.78 is 23.2. The van der Waals surface area contributed by atoms with Crippen molar-refractivity contribution in [3.63, 3.8) is 0 Å². The first-order valence-electron chi connectivity index (χ1n) is 29.2. The minimum absolute atomic E-state index is 0.000521. The number of allylic oxidation sites excluding steroid dienone is 9. The summed E-state index contributed by atoms with van der Waals surface area (Å²) >= 11 is 0. The van der Waals surface area contributed by atoms with Crippen LogP contribution in [0.2, 0.25) is 0 Å². The molecule has 1 amide bonds. The number of quaternary nitrogens is 1. The van der Waals surface area contributed by atoms with Crippen LogP contribution >= 0.6 is 7.82 Å². The molecule has 0 aliphatic rings. The Morgan fingerprint density at radius 2 is 0.884 bits per heavy atom. The van der Waals surface area contributed by atoms with Gasteiger partial charge in [-0.05, 0) is 57.8 Å². The van der Waals surface area contributed by atoms with Crippen molar-refractivity contribution >= 4 is 13.7 Å². The number of nitrogens with zero attached hydrogens (tertiary/aromatic N) is 1. The average Bonchev–Trinajstić information content (AvgIpc) is 3.31. The summed E-state index contributed by atoms with van der Waals surface area (Å²) in [5.41, 5.74) is 0. The van der Waals surface area contributed by atoms with Crippen molar-refractivity contribution in [2.24, 2.45) is 0 Å². The van der Waals surface area contributed by atoms with Crippen molar-refractivity contribution in [1.82, 2.24) is 5.32 Å². The lowest BCUT2D eigenvalue weighted by molar-refractivity contribution is -0.870. The number of amides is 1. The van der Waals surface area contributed by atoms with Crippen LogP contribution in [0.4, 0.5) is 0 Å². The lowest BCUT2D eigenvalue weighted by atomic mass is 10.0. The maximum absolute atomic E-state index is 12.9. The quantitative estimate of drug-likeness (QED) is 0.0272. The summed E-state index contributed by atoms with van der Waals surface area (Å²) in [6.45, 7) is 4.50. The molecular weight excluding hydrogens is 876 g/mol. The van der Waals surface area contributed by atoms with Crippen LogP contribution in [0.3, 0.4) is 0 Å². The van der Waals surface area contributed by atoms with Crippen LogP contribution in [0.5, 0.6) is 0 Å². The molecule has 0 spiro atoms. The summed E-state index contributed by atoms with van der Waals surface area (Å²) in [5.74, 6) is -0.198. The Labute approximate surface area is 428 Å². The van der Waals surface area contributed by atoms with Crippen LogP contribution in [-0.4, -0.2) is 68.5 Å². The monoisotopic (exact) mass is 989 g/mol. The maximum Gasteiger partial charge on any atom is 0.268 e. The molecule has 0 aromatic rings. The molecule has 0 saturated heterocycles. The Morgan fingerprint density at radius 3 is 1.29 bits per heavy atom. The highest BCUT2D eigenvalue weighted by Crippen LogP contribution is 2.38. The van der Waals surface area contributed by atoms with Crippen LogP contribution < -0.4 is 10.2 Å². The van der Waals surface area contributed by atoms with Gasteiger partial charge in [0.15, 0.2) is 0 Å². The van der Waals surface area contributed by atoms with Crippen LogP contribution in [0.25, 0.3) is 0 Å². The summed E-state index contributed by atoms with van der Waals surface area (Å²) in [6.07, 6.45) is 69.2. The number of phosphoric acid groups is 1. The molecule has 0 saturated carbocycles.